The molecule has 8 heteroatoms. The molecule has 2 rings (SSSR count). The number of alkyl halides is 2. The monoisotopic (exact) mass is 469 g/mol. The van der Waals surface area contributed by atoms with Gasteiger partial charge in [-0.3, -0.25) is 0 Å². The Bertz CT molecular complexity index is 856. The normalized spacial score (nSPS) is 12.8. The maximum absolute atomic E-state index is 13.4. The van der Waals surface area contributed by atoms with Gasteiger partial charge in [-0.2, -0.15) is 0 Å². The van der Waals surface area contributed by atoms with E-state index in [1.165, 1.54) is 12.1 Å². The van der Waals surface area contributed by atoms with Crippen molar-refractivity contribution in [1.29, 1.82) is 0 Å². The molecule has 0 aliphatic carbocycles. The van der Waals surface area contributed by atoms with Gasteiger partial charge in [0.2, 0.25) is 5.88 Å². The van der Waals surface area contributed by atoms with Crippen molar-refractivity contribution in [3.63, 3.8) is 0 Å². The summed E-state index contributed by atoms with van der Waals surface area (Å²) in [5, 5.41) is 0. The SMILES string of the molecule is CCN(C)/C=N/c1cc(Br)c(OC(C)COc2cccc(C(C)(F)F)c2)nc1C. The third kappa shape index (κ3) is 6.96. The van der Waals surface area contributed by atoms with Crippen LogP contribution in [0.2, 0.25) is 0 Å². The minimum atomic E-state index is -2.91. The van der Waals surface area contributed by atoms with Crippen LogP contribution < -0.4 is 9.47 Å². The average Bonchev–Trinajstić information content (AvgIpc) is 2.67. The lowest BCUT2D eigenvalue weighted by molar-refractivity contribution is 0.0171. The second-order valence-corrected chi connectivity index (χ2v) is 7.71. The van der Waals surface area contributed by atoms with Crippen molar-refractivity contribution in [2.45, 2.75) is 39.7 Å². The first kappa shape index (κ1) is 23.1. The summed E-state index contributed by atoms with van der Waals surface area (Å²) in [6.07, 6.45) is 1.41. The Morgan fingerprint density at radius 1 is 1.34 bits per heavy atom. The number of aromatic nitrogens is 1. The van der Waals surface area contributed by atoms with Gasteiger partial charge < -0.3 is 14.4 Å². The van der Waals surface area contributed by atoms with Gasteiger partial charge in [-0.1, -0.05) is 12.1 Å². The molecule has 0 bridgehead atoms. The Labute approximate surface area is 178 Å². The fraction of sp³-hybridized carbons (Fsp3) is 0.429. The van der Waals surface area contributed by atoms with Gasteiger partial charge in [0, 0.05) is 26.1 Å². The van der Waals surface area contributed by atoms with E-state index in [9.17, 15) is 8.78 Å². The lowest BCUT2D eigenvalue weighted by atomic mass is 10.1. The Kier molecular flexibility index (Phi) is 7.96. The van der Waals surface area contributed by atoms with Crippen LogP contribution in [0.25, 0.3) is 0 Å². The lowest BCUT2D eigenvalue weighted by Crippen LogP contribution is -2.22. The predicted molar refractivity (Wildman–Crippen MR) is 115 cm³/mol. The van der Waals surface area contributed by atoms with E-state index in [0.717, 1.165) is 24.8 Å². The molecule has 1 aromatic carbocycles. The highest BCUT2D eigenvalue weighted by Gasteiger charge is 2.24. The van der Waals surface area contributed by atoms with E-state index in [4.69, 9.17) is 9.47 Å². The first-order valence-corrected chi connectivity index (χ1v) is 10.1. The summed E-state index contributed by atoms with van der Waals surface area (Å²) in [5.41, 5.74) is 1.38. The maximum Gasteiger partial charge on any atom is 0.270 e. The third-order valence-corrected chi connectivity index (χ3v) is 4.71. The first-order chi connectivity index (χ1) is 13.6. The summed E-state index contributed by atoms with van der Waals surface area (Å²) in [5.74, 6) is -2.12. The molecule has 0 aliphatic heterocycles. The standard InChI is InChI=1S/C21H26BrF2N3O2/c1-6-27(5)13-25-19-11-18(22)20(26-15(19)3)29-14(2)12-28-17-9-7-8-16(10-17)21(4,23)24/h7-11,13-14H,6,12H2,1-5H3/b25-13+. The van der Waals surface area contributed by atoms with Crippen molar-refractivity contribution >= 4 is 28.0 Å². The zero-order valence-electron chi connectivity index (χ0n) is 17.2. The molecule has 2 aromatic rings. The van der Waals surface area contributed by atoms with Gasteiger partial charge in [0.05, 0.1) is 22.2 Å². The van der Waals surface area contributed by atoms with Crippen molar-refractivity contribution < 1.29 is 18.3 Å². The highest BCUT2D eigenvalue weighted by atomic mass is 79.9. The maximum atomic E-state index is 13.4. The van der Waals surface area contributed by atoms with Crippen LogP contribution in [-0.2, 0) is 5.92 Å². The van der Waals surface area contributed by atoms with Gasteiger partial charge in [-0.05, 0) is 54.9 Å². The van der Waals surface area contributed by atoms with Crippen molar-refractivity contribution in [2.24, 2.45) is 4.99 Å². The number of nitrogens with zero attached hydrogens (tertiary/aromatic N) is 3. The highest BCUT2D eigenvalue weighted by molar-refractivity contribution is 9.10. The molecular weight excluding hydrogens is 444 g/mol. The second-order valence-electron chi connectivity index (χ2n) is 6.85. The zero-order chi connectivity index (χ0) is 21.6. The van der Waals surface area contributed by atoms with E-state index in [1.54, 1.807) is 18.5 Å². The zero-order valence-corrected chi connectivity index (χ0v) is 18.8. The van der Waals surface area contributed by atoms with Crippen LogP contribution in [0, 0.1) is 6.92 Å². The fourth-order valence-corrected chi connectivity index (χ4v) is 2.70. The van der Waals surface area contributed by atoms with Gasteiger partial charge >= 0.3 is 0 Å². The molecule has 29 heavy (non-hydrogen) atoms. The Morgan fingerprint density at radius 2 is 2.07 bits per heavy atom. The topological polar surface area (TPSA) is 47.0 Å². The van der Waals surface area contributed by atoms with Gasteiger partial charge in [-0.15, -0.1) is 0 Å². The molecule has 1 heterocycles. The molecule has 1 aromatic heterocycles. The van der Waals surface area contributed by atoms with Crippen LogP contribution in [0.4, 0.5) is 14.5 Å². The molecule has 0 spiro atoms. The summed E-state index contributed by atoms with van der Waals surface area (Å²) >= 11 is 3.46. The third-order valence-electron chi connectivity index (χ3n) is 4.14. The number of aryl methyl sites for hydroxylation is 1. The average molecular weight is 470 g/mol. The number of hydrogen-bond donors (Lipinski definition) is 0. The Morgan fingerprint density at radius 3 is 2.72 bits per heavy atom. The van der Waals surface area contributed by atoms with E-state index >= 15 is 0 Å². The van der Waals surface area contributed by atoms with Crippen LogP contribution in [0.3, 0.4) is 0 Å². The van der Waals surface area contributed by atoms with Crippen LogP contribution >= 0.6 is 15.9 Å². The highest BCUT2D eigenvalue weighted by Crippen LogP contribution is 2.31. The second kappa shape index (κ2) is 10.0. The predicted octanol–water partition coefficient (Wildman–Crippen LogP) is 5.72. The Hall–Kier alpha value is -2.22. The van der Waals surface area contributed by atoms with E-state index in [2.05, 4.69) is 25.9 Å². The van der Waals surface area contributed by atoms with Crippen LogP contribution in [0.1, 0.15) is 32.0 Å². The molecule has 158 valence electrons. The molecule has 1 unspecified atom stereocenters. The minimum absolute atomic E-state index is 0.0894. The summed E-state index contributed by atoms with van der Waals surface area (Å²) in [6, 6.07) is 7.74. The summed E-state index contributed by atoms with van der Waals surface area (Å²) < 4.78 is 39.0. The number of ether oxygens (including phenoxy) is 2. The largest absolute Gasteiger partial charge is 0.490 e. The number of pyridine rings is 1. The molecule has 0 saturated heterocycles. The molecule has 1 atom stereocenters. The number of halogens is 3. The Balaban J connectivity index is 2.01. The van der Waals surface area contributed by atoms with Crippen molar-refractivity contribution in [3.8, 4) is 11.6 Å². The molecule has 0 fully saturated rings. The first-order valence-electron chi connectivity index (χ1n) is 9.29. The van der Waals surface area contributed by atoms with Crippen molar-refractivity contribution in [2.75, 3.05) is 20.2 Å². The van der Waals surface area contributed by atoms with Gasteiger partial charge in [0.25, 0.3) is 5.92 Å². The summed E-state index contributed by atoms with van der Waals surface area (Å²) in [6.45, 7) is 7.62. The number of rotatable bonds is 9. The summed E-state index contributed by atoms with van der Waals surface area (Å²) in [4.78, 5) is 10.8. The smallest absolute Gasteiger partial charge is 0.270 e. The molecule has 5 nitrogen and oxygen atoms in total. The van der Waals surface area contributed by atoms with Crippen molar-refractivity contribution in [1.82, 2.24) is 9.88 Å². The lowest BCUT2D eigenvalue weighted by Gasteiger charge is -2.18. The minimum Gasteiger partial charge on any atom is -0.490 e. The number of benzene rings is 1. The number of hydrogen-bond acceptors (Lipinski definition) is 4. The van der Waals surface area contributed by atoms with Crippen molar-refractivity contribution in [3.05, 3.63) is 46.1 Å². The van der Waals surface area contributed by atoms with E-state index in [-0.39, 0.29) is 18.3 Å². The van der Waals surface area contributed by atoms with Crippen LogP contribution in [0.5, 0.6) is 11.6 Å². The number of aliphatic imine (C=N–C) groups is 1. The van der Waals surface area contributed by atoms with E-state index < -0.39 is 5.92 Å². The molecule has 0 N–H and O–H groups in total. The molecule has 0 radical (unpaired) electrons. The molecule has 0 saturated carbocycles. The molecular formula is C21H26BrF2N3O2. The van der Waals surface area contributed by atoms with E-state index in [0.29, 0.717) is 16.1 Å². The fourth-order valence-electron chi connectivity index (χ4n) is 2.30. The van der Waals surface area contributed by atoms with Crippen LogP contribution in [0.15, 0.2) is 39.8 Å². The van der Waals surface area contributed by atoms with Gasteiger partial charge in [-0.25, -0.2) is 18.8 Å². The van der Waals surface area contributed by atoms with Gasteiger partial charge in [0.1, 0.15) is 18.5 Å². The molecule has 0 aliphatic rings. The molecule has 0 amide bonds. The quantitative estimate of drug-likeness (QED) is 0.347. The van der Waals surface area contributed by atoms with E-state index in [1.807, 2.05) is 38.8 Å². The van der Waals surface area contributed by atoms with Gasteiger partial charge in [0.15, 0.2) is 0 Å². The summed E-state index contributed by atoms with van der Waals surface area (Å²) in [7, 11) is 1.94. The van der Waals surface area contributed by atoms with Crippen LogP contribution in [-0.4, -0.2) is 42.5 Å².